The first-order valence-corrected chi connectivity index (χ1v) is 16.1. The predicted molar refractivity (Wildman–Crippen MR) is 179 cm³/mol. The van der Waals surface area contributed by atoms with Crippen LogP contribution < -0.4 is 15.2 Å². The van der Waals surface area contributed by atoms with Gasteiger partial charge in [-0.2, -0.15) is 13.4 Å². The number of ether oxygens (including phenoxy) is 1. The average molecular weight is 630 g/mol. The molecule has 1 N–H and O–H groups in total. The van der Waals surface area contributed by atoms with E-state index in [1.165, 1.54) is 23.5 Å². The van der Waals surface area contributed by atoms with Crippen LogP contribution in [0.5, 0.6) is 11.6 Å². The minimum Gasteiger partial charge on any atom is -0.439 e. The number of amidine groups is 1. The topological polar surface area (TPSA) is 143 Å². The van der Waals surface area contributed by atoms with Crippen molar-refractivity contribution in [1.29, 1.82) is 0 Å². The van der Waals surface area contributed by atoms with Crippen molar-refractivity contribution in [3.63, 3.8) is 0 Å². The summed E-state index contributed by atoms with van der Waals surface area (Å²) in [4.78, 5) is 29.7. The standard InChI is InChI=1S/C30H25NO4S.C5H2N4O/c1-19-23-14-15-25-24-10-6-5-7-20(24)11-13-26(25)28(23)17-27(30(19)36(32,33)34)21-12-16-29(31-18-21)35-22-8-3-2-4-9-22;10-5-3-4(7-1-6-3)8-2-9-5/h2-6,8-19,27,30H,7H2,1H3,(H,32,33,34);1-2H. The quantitative estimate of drug-likeness (QED) is 0.334. The highest BCUT2D eigenvalue weighted by Gasteiger charge is 2.40. The van der Waals surface area contributed by atoms with Gasteiger partial charge in [0, 0.05) is 24.1 Å². The van der Waals surface area contributed by atoms with Crippen molar-refractivity contribution in [1.82, 2.24) is 4.98 Å². The Balaban J connectivity index is 0.000000286. The summed E-state index contributed by atoms with van der Waals surface area (Å²) < 4.78 is 41.4. The van der Waals surface area contributed by atoms with Crippen molar-refractivity contribution in [2.45, 2.75) is 30.4 Å². The van der Waals surface area contributed by atoms with Crippen LogP contribution in [0.15, 0.2) is 105 Å². The molecule has 8 rings (SSSR count). The largest absolute Gasteiger partial charge is 0.439 e. The minimum atomic E-state index is -4.35. The summed E-state index contributed by atoms with van der Waals surface area (Å²) in [6, 6.07) is 21.3. The van der Waals surface area contributed by atoms with Gasteiger partial charge >= 0.3 is 5.91 Å². The van der Waals surface area contributed by atoms with Crippen molar-refractivity contribution in [3.8, 4) is 11.6 Å². The molecule has 10 nitrogen and oxygen atoms in total. The third-order valence-electron chi connectivity index (χ3n) is 8.42. The molecule has 228 valence electrons. The molecular weight excluding hydrogens is 602 g/mol. The number of para-hydroxylation sites is 1. The number of pyridine rings is 1. The Morgan fingerprint density at radius 2 is 1.67 bits per heavy atom. The lowest BCUT2D eigenvalue weighted by atomic mass is 9.78. The minimum absolute atomic E-state index is 0.238. The molecule has 1 aromatic heterocycles. The number of fused-ring (bicyclic) bond motifs is 6. The first-order valence-electron chi connectivity index (χ1n) is 14.6. The molecule has 0 saturated carbocycles. The van der Waals surface area contributed by atoms with Crippen molar-refractivity contribution in [2.24, 2.45) is 20.0 Å². The first kappa shape index (κ1) is 29.3. The van der Waals surface area contributed by atoms with E-state index in [1.807, 2.05) is 55.5 Å². The fourth-order valence-electron chi connectivity index (χ4n) is 6.28. The smallest absolute Gasteiger partial charge is 0.301 e. The SMILES string of the molecule is CC1c2ccc3c4c(ccc3c2=CC(c2ccc(Oc3ccccc3)nc2)C1S(=O)(=O)O)CC=CC=4.O=C1N=CN=C2N=CN=C12. The highest BCUT2D eigenvalue weighted by atomic mass is 32.2. The molecule has 4 aliphatic rings. The lowest BCUT2D eigenvalue weighted by Gasteiger charge is -2.32. The molecule has 0 radical (unpaired) electrons. The highest BCUT2D eigenvalue weighted by Crippen LogP contribution is 2.39. The maximum Gasteiger partial charge on any atom is 0.301 e. The number of benzene rings is 3. The van der Waals surface area contributed by atoms with Crippen LogP contribution in [0.3, 0.4) is 0 Å². The lowest BCUT2D eigenvalue weighted by Crippen LogP contribution is -2.39. The van der Waals surface area contributed by atoms with Crippen LogP contribution in [0.25, 0.3) is 22.9 Å². The molecule has 2 aliphatic carbocycles. The zero-order valence-electron chi connectivity index (χ0n) is 24.6. The summed E-state index contributed by atoms with van der Waals surface area (Å²) >= 11 is 0. The van der Waals surface area contributed by atoms with Gasteiger partial charge in [-0.05, 0) is 56.5 Å². The number of allylic oxidation sites excluding steroid dienone is 2. The number of carbonyl (C=O) groups excluding carboxylic acids is 1. The van der Waals surface area contributed by atoms with Gasteiger partial charge in [-0.25, -0.2) is 20.0 Å². The molecule has 3 heterocycles. The maximum absolute atomic E-state index is 12.6. The van der Waals surface area contributed by atoms with Gasteiger partial charge in [-0.3, -0.25) is 9.35 Å². The van der Waals surface area contributed by atoms with E-state index in [4.69, 9.17) is 4.74 Å². The summed E-state index contributed by atoms with van der Waals surface area (Å²) in [5.41, 5.74) is 3.14. The summed E-state index contributed by atoms with van der Waals surface area (Å²) in [5, 5.41) is 3.43. The Kier molecular flexibility index (Phi) is 7.55. The van der Waals surface area contributed by atoms with E-state index in [-0.39, 0.29) is 11.6 Å². The van der Waals surface area contributed by atoms with Crippen LogP contribution in [-0.2, 0) is 21.3 Å². The molecule has 4 aromatic rings. The van der Waals surface area contributed by atoms with E-state index in [2.05, 4.69) is 61.4 Å². The van der Waals surface area contributed by atoms with Gasteiger partial charge < -0.3 is 4.74 Å². The van der Waals surface area contributed by atoms with Crippen molar-refractivity contribution in [3.05, 3.63) is 112 Å². The van der Waals surface area contributed by atoms with E-state index in [9.17, 15) is 17.8 Å². The van der Waals surface area contributed by atoms with Crippen molar-refractivity contribution >= 4 is 63.2 Å². The van der Waals surface area contributed by atoms with Gasteiger partial charge in [0.25, 0.3) is 10.1 Å². The second-order valence-corrected chi connectivity index (χ2v) is 12.7. The molecule has 0 fully saturated rings. The van der Waals surface area contributed by atoms with Crippen LogP contribution in [0, 0.1) is 0 Å². The van der Waals surface area contributed by atoms with E-state index < -0.39 is 27.2 Å². The lowest BCUT2D eigenvalue weighted by molar-refractivity contribution is -0.111. The van der Waals surface area contributed by atoms with Gasteiger partial charge in [-0.1, -0.05) is 79.8 Å². The molecule has 0 bridgehead atoms. The Morgan fingerprint density at radius 1 is 0.891 bits per heavy atom. The number of hydrogen-bond donors (Lipinski definition) is 1. The summed E-state index contributed by atoms with van der Waals surface area (Å²) in [5.74, 6) is 0.100. The molecule has 0 spiro atoms. The molecular formula is C35H27N5O5S. The van der Waals surface area contributed by atoms with E-state index >= 15 is 0 Å². The number of aromatic nitrogens is 1. The predicted octanol–water partition coefficient (Wildman–Crippen LogP) is 4.29. The van der Waals surface area contributed by atoms with Crippen LogP contribution in [0.2, 0.25) is 0 Å². The van der Waals surface area contributed by atoms with Crippen LogP contribution in [0.1, 0.15) is 35.4 Å². The Bertz CT molecular complexity index is 2270. The van der Waals surface area contributed by atoms with Crippen molar-refractivity contribution < 1.29 is 22.5 Å². The molecule has 46 heavy (non-hydrogen) atoms. The molecule has 3 unspecified atom stereocenters. The third-order valence-corrected chi connectivity index (χ3v) is 9.81. The molecule has 1 amide bonds. The molecule has 2 aliphatic heterocycles. The zero-order valence-corrected chi connectivity index (χ0v) is 25.4. The van der Waals surface area contributed by atoms with Crippen LogP contribution in [0.4, 0.5) is 0 Å². The van der Waals surface area contributed by atoms with E-state index in [0.717, 1.165) is 28.0 Å². The number of rotatable bonds is 4. The second kappa shape index (κ2) is 11.8. The molecule has 11 heteroatoms. The Labute approximate surface area is 264 Å². The summed E-state index contributed by atoms with van der Waals surface area (Å²) in [7, 11) is -4.35. The average Bonchev–Trinajstić information content (AvgIpc) is 3.55. The number of carbonyl (C=O) groups is 1. The van der Waals surface area contributed by atoms with Gasteiger partial charge in [-0.15, -0.1) is 0 Å². The number of aliphatic imine (C=N–C) groups is 4. The zero-order chi connectivity index (χ0) is 31.8. The molecule has 0 saturated heterocycles. The fraction of sp³-hybridized carbons (Fsp3) is 0.143. The maximum atomic E-state index is 12.6. The van der Waals surface area contributed by atoms with Crippen LogP contribution >= 0.6 is 0 Å². The monoisotopic (exact) mass is 629 g/mol. The number of amides is 1. The summed E-state index contributed by atoms with van der Waals surface area (Å²) in [6.07, 6.45) is 13.3. The Hall–Kier alpha value is -5.39. The second-order valence-electron chi connectivity index (χ2n) is 11.1. The van der Waals surface area contributed by atoms with Crippen molar-refractivity contribution in [2.75, 3.05) is 0 Å². The van der Waals surface area contributed by atoms with Crippen LogP contribution in [-0.4, -0.2) is 53.3 Å². The highest BCUT2D eigenvalue weighted by molar-refractivity contribution is 7.86. The normalized spacial score (nSPS) is 20.7. The third kappa shape index (κ3) is 5.50. The molecule has 3 aromatic carbocycles. The first-order chi connectivity index (χ1) is 22.3. The van der Waals surface area contributed by atoms with Gasteiger partial charge in [0.1, 0.15) is 23.7 Å². The van der Waals surface area contributed by atoms with Gasteiger partial charge in [0.2, 0.25) is 5.88 Å². The number of nitrogens with zero attached hydrogens (tertiary/aromatic N) is 5. The summed E-state index contributed by atoms with van der Waals surface area (Å²) in [6.45, 7) is 1.87. The molecule has 3 atom stereocenters. The van der Waals surface area contributed by atoms with E-state index in [1.54, 1.807) is 12.3 Å². The Morgan fingerprint density at radius 3 is 2.43 bits per heavy atom. The van der Waals surface area contributed by atoms with Gasteiger partial charge in [0.15, 0.2) is 11.5 Å². The van der Waals surface area contributed by atoms with E-state index in [0.29, 0.717) is 23.0 Å². The van der Waals surface area contributed by atoms with Gasteiger partial charge in [0.05, 0.1) is 0 Å². The fourth-order valence-corrected chi connectivity index (χ4v) is 7.55. The number of hydrogen-bond acceptors (Lipinski definition) is 8.